The van der Waals surface area contributed by atoms with E-state index in [0.717, 1.165) is 42.9 Å². The molecule has 6 heteroatoms. The van der Waals surface area contributed by atoms with Crippen molar-refractivity contribution in [1.29, 1.82) is 0 Å². The van der Waals surface area contributed by atoms with Crippen molar-refractivity contribution in [3.05, 3.63) is 35.4 Å². The molecule has 2 unspecified atom stereocenters. The molecule has 0 amide bonds. The van der Waals surface area contributed by atoms with Crippen molar-refractivity contribution in [2.45, 2.75) is 31.2 Å². The van der Waals surface area contributed by atoms with Gasteiger partial charge in [-0.15, -0.1) is 0 Å². The highest BCUT2D eigenvalue weighted by molar-refractivity contribution is 7.99. The minimum Gasteiger partial charge on any atom is -0.377 e. The molecule has 2 N–H and O–H groups in total. The maximum Gasteiger partial charge on any atom is 0.416 e. The highest BCUT2D eigenvalue weighted by atomic mass is 32.2. The van der Waals surface area contributed by atoms with Gasteiger partial charge < -0.3 is 10.5 Å². The Hall–Kier alpha value is -0.720. The zero-order valence-corrected chi connectivity index (χ0v) is 11.8. The second kappa shape index (κ2) is 6.83. The second-order valence-corrected chi connectivity index (χ2v) is 5.97. The molecular weight excluding hydrogens is 287 g/mol. The Kier molecular flexibility index (Phi) is 5.35. The predicted molar refractivity (Wildman–Crippen MR) is 74.7 cm³/mol. The van der Waals surface area contributed by atoms with Crippen LogP contribution in [0.5, 0.6) is 0 Å². The molecule has 0 spiro atoms. The van der Waals surface area contributed by atoms with Crippen LogP contribution in [0.4, 0.5) is 13.2 Å². The van der Waals surface area contributed by atoms with E-state index < -0.39 is 11.7 Å². The Labute approximate surface area is 120 Å². The van der Waals surface area contributed by atoms with Gasteiger partial charge in [0.2, 0.25) is 0 Å². The van der Waals surface area contributed by atoms with E-state index in [0.29, 0.717) is 11.9 Å². The van der Waals surface area contributed by atoms with Gasteiger partial charge in [-0.3, -0.25) is 0 Å². The fraction of sp³-hybridized carbons (Fsp3) is 0.571. The van der Waals surface area contributed by atoms with Crippen molar-refractivity contribution in [1.82, 2.24) is 0 Å². The molecule has 1 aromatic carbocycles. The lowest BCUT2D eigenvalue weighted by Gasteiger charge is -2.15. The number of hydrogen-bond acceptors (Lipinski definition) is 3. The maximum atomic E-state index is 12.4. The second-order valence-electron chi connectivity index (χ2n) is 4.90. The van der Waals surface area contributed by atoms with Gasteiger partial charge in [0.1, 0.15) is 0 Å². The van der Waals surface area contributed by atoms with Crippen molar-refractivity contribution < 1.29 is 17.9 Å². The summed E-state index contributed by atoms with van der Waals surface area (Å²) in [6.45, 7) is 0.830. The lowest BCUT2D eigenvalue weighted by atomic mass is 10.1. The quantitative estimate of drug-likeness (QED) is 0.902. The van der Waals surface area contributed by atoms with E-state index in [4.69, 9.17) is 10.5 Å². The van der Waals surface area contributed by atoms with Crippen LogP contribution in [0, 0.1) is 0 Å². The molecule has 0 aromatic heterocycles. The first-order valence-electron chi connectivity index (χ1n) is 6.59. The van der Waals surface area contributed by atoms with Gasteiger partial charge in [0, 0.05) is 24.2 Å². The monoisotopic (exact) mass is 305 g/mol. The van der Waals surface area contributed by atoms with Crippen LogP contribution in [-0.2, 0) is 10.9 Å². The molecule has 1 fully saturated rings. The molecule has 1 heterocycles. The number of benzene rings is 1. The summed E-state index contributed by atoms with van der Waals surface area (Å²) in [4.78, 5) is 0. The number of ether oxygens (including phenoxy) is 1. The van der Waals surface area contributed by atoms with Crippen molar-refractivity contribution in [3.8, 4) is 0 Å². The first-order valence-corrected chi connectivity index (χ1v) is 7.74. The maximum absolute atomic E-state index is 12.4. The molecular formula is C14H18F3NOS. The summed E-state index contributed by atoms with van der Waals surface area (Å²) in [6, 6.07) is 4.84. The standard InChI is InChI=1S/C14H18F3NOS/c15-14(16,17)11-5-3-10(4-6-11)13(18)9-20-8-12-2-1-7-19-12/h3-6,12-13H,1-2,7-9,18H2. The molecule has 0 aliphatic carbocycles. The van der Waals surface area contributed by atoms with Gasteiger partial charge in [-0.05, 0) is 30.5 Å². The molecule has 2 rings (SSSR count). The first kappa shape index (κ1) is 15.7. The van der Waals surface area contributed by atoms with Crippen LogP contribution in [0.1, 0.15) is 30.0 Å². The van der Waals surface area contributed by atoms with Crippen LogP contribution in [-0.4, -0.2) is 24.2 Å². The van der Waals surface area contributed by atoms with E-state index in [1.165, 1.54) is 12.1 Å². The van der Waals surface area contributed by atoms with Crippen LogP contribution in [0.3, 0.4) is 0 Å². The summed E-state index contributed by atoms with van der Waals surface area (Å²) in [5.74, 6) is 1.58. The molecule has 0 bridgehead atoms. The summed E-state index contributed by atoms with van der Waals surface area (Å²) < 4.78 is 42.8. The topological polar surface area (TPSA) is 35.2 Å². The van der Waals surface area contributed by atoms with Gasteiger partial charge in [0.15, 0.2) is 0 Å². The summed E-state index contributed by atoms with van der Waals surface area (Å²) in [5.41, 5.74) is 6.09. The number of thioether (sulfide) groups is 1. The van der Waals surface area contributed by atoms with E-state index in [1.807, 2.05) is 0 Å². The van der Waals surface area contributed by atoms with Crippen molar-refractivity contribution in [2.75, 3.05) is 18.1 Å². The largest absolute Gasteiger partial charge is 0.416 e. The van der Waals surface area contributed by atoms with E-state index in [9.17, 15) is 13.2 Å². The number of hydrogen-bond donors (Lipinski definition) is 1. The van der Waals surface area contributed by atoms with Crippen LogP contribution >= 0.6 is 11.8 Å². The molecule has 0 radical (unpaired) electrons. The Morgan fingerprint density at radius 3 is 2.55 bits per heavy atom. The van der Waals surface area contributed by atoms with Crippen LogP contribution in [0.2, 0.25) is 0 Å². The molecule has 20 heavy (non-hydrogen) atoms. The van der Waals surface area contributed by atoms with Crippen LogP contribution < -0.4 is 5.73 Å². The third-order valence-electron chi connectivity index (χ3n) is 3.29. The Morgan fingerprint density at radius 1 is 1.30 bits per heavy atom. The Bertz CT molecular complexity index is 415. The zero-order valence-electron chi connectivity index (χ0n) is 11.0. The van der Waals surface area contributed by atoms with Crippen LogP contribution in [0.15, 0.2) is 24.3 Å². The summed E-state index contributed by atoms with van der Waals surface area (Å²) in [5, 5.41) is 0. The molecule has 0 saturated carbocycles. The highest BCUT2D eigenvalue weighted by Crippen LogP contribution is 2.30. The summed E-state index contributed by atoms with van der Waals surface area (Å²) in [6.07, 6.45) is -1.80. The lowest BCUT2D eigenvalue weighted by Crippen LogP contribution is -2.16. The summed E-state index contributed by atoms with van der Waals surface area (Å²) in [7, 11) is 0. The number of nitrogens with two attached hydrogens (primary N) is 1. The van der Waals surface area contributed by atoms with E-state index in [1.54, 1.807) is 11.8 Å². The molecule has 1 saturated heterocycles. The SMILES string of the molecule is NC(CSCC1CCCO1)c1ccc(C(F)(F)F)cc1. The average molecular weight is 305 g/mol. The zero-order chi connectivity index (χ0) is 14.6. The van der Waals surface area contributed by atoms with Gasteiger partial charge in [0.05, 0.1) is 11.7 Å². The third kappa shape index (κ3) is 4.40. The first-order chi connectivity index (χ1) is 9.47. The number of alkyl halides is 3. The fourth-order valence-corrected chi connectivity index (χ4v) is 3.23. The van der Waals surface area contributed by atoms with Gasteiger partial charge >= 0.3 is 6.18 Å². The normalized spacial score (nSPS) is 21.1. The van der Waals surface area contributed by atoms with Gasteiger partial charge in [0.25, 0.3) is 0 Å². The molecule has 1 aromatic rings. The minimum absolute atomic E-state index is 0.247. The van der Waals surface area contributed by atoms with E-state index >= 15 is 0 Å². The Morgan fingerprint density at radius 2 is 2.00 bits per heavy atom. The van der Waals surface area contributed by atoms with Crippen molar-refractivity contribution in [3.63, 3.8) is 0 Å². The molecule has 1 aliphatic rings. The fourth-order valence-electron chi connectivity index (χ4n) is 2.12. The van der Waals surface area contributed by atoms with E-state index in [2.05, 4.69) is 0 Å². The molecule has 112 valence electrons. The smallest absolute Gasteiger partial charge is 0.377 e. The molecule has 2 atom stereocenters. The van der Waals surface area contributed by atoms with Crippen LogP contribution in [0.25, 0.3) is 0 Å². The van der Waals surface area contributed by atoms with Gasteiger partial charge in [-0.25, -0.2) is 0 Å². The molecule has 2 nitrogen and oxygen atoms in total. The van der Waals surface area contributed by atoms with Gasteiger partial charge in [-0.1, -0.05) is 12.1 Å². The van der Waals surface area contributed by atoms with Crippen molar-refractivity contribution in [2.24, 2.45) is 5.73 Å². The lowest BCUT2D eigenvalue weighted by molar-refractivity contribution is -0.137. The average Bonchev–Trinajstić information content (AvgIpc) is 2.91. The third-order valence-corrected chi connectivity index (χ3v) is 4.49. The van der Waals surface area contributed by atoms with E-state index in [-0.39, 0.29) is 6.04 Å². The summed E-state index contributed by atoms with van der Waals surface area (Å²) >= 11 is 1.69. The Balaban J connectivity index is 1.81. The molecule has 1 aliphatic heterocycles. The van der Waals surface area contributed by atoms with Gasteiger partial charge in [-0.2, -0.15) is 24.9 Å². The number of halogens is 3. The van der Waals surface area contributed by atoms with Crippen molar-refractivity contribution >= 4 is 11.8 Å². The minimum atomic E-state index is -4.29. The highest BCUT2D eigenvalue weighted by Gasteiger charge is 2.30. The number of rotatable bonds is 5. The predicted octanol–water partition coefficient (Wildman–Crippen LogP) is 3.62.